The lowest BCUT2D eigenvalue weighted by Gasteiger charge is -2.51. The quantitative estimate of drug-likeness (QED) is 0.0915. The molecule has 1 saturated heterocycles. The van der Waals surface area contributed by atoms with Gasteiger partial charge >= 0.3 is 0 Å². The maximum atomic E-state index is 12.5. The first kappa shape index (κ1) is 53.1. The SMILES string of the molecule is CCC1CC2C=CC1CC(O)CC1(CCCC13CCOC(CO)C3)CN=C(N)NCCC1C(CO)CCC3CC#COc4ccc(cc4OC31)C1Oc3cc(OC)c4c(c3CC1O)C2Cc1cc(O)c(CC(C)C)cc1-4. The van der Waals surface area contributed by atoms with Crippen LogP contribution >= 0.6 is 0 Å². The van der Waals surface area contributed by atoms with E-state index in [0.29, 0.717) is 105 Å². The van der Waals surface area contributed by atoms with Gasteiger partial charge in [0.05, 0.1) is 32.0 Å². The predicted octanol–water partition coefficient (Wildman–Crippen LogP) is 9.06. The summed E-state index contributed by atoms with van der Waals surface area (Å²) in [6.07, 6.45) is 17.3. The topological polar surface area (TPSA) is 198 Å². The normalized spacial score (nSPS) is 34.9. The number of hydrogen-bond donors (Lipinski definition) is 7. The third-order valence-corrected chi connectivity index (χ3v) is 20.0. The minimum atomic E-state index is -0.904. The van der Waals surface area contributed by atoms with Crippen LogP contribution in [0.25, 0.3) is 11.1 Å². The van der Waals surface area contributed by atoms with Gasteiger partial charge in [-0.2, -0.15) is 0 Å². The number of phenols is 1. The van der Waals surface area contributed by atoms with E-state index in [2.05, 4.69) is 56.3 Å². The molecule has 0 aromatic heterocycles. The number of rotatable bonds is 6. The molecule has 410 valence electrons. The van der Waals surface area contributed by atoms with Crippen molar-refractivity contribution < 1.29 is 49.2 Å². The van der Waals surface area contributed by atoms with Crippen molar-refractivity contribution in [2.45, 2.75) is 160 Å². The van der Waals surface area contributed by atoms with E-state index < -0.39 is 18.3 Å². The van der Waals surface area contributed by atoms with Gasteiger partial charge in [-0.25, -0.2) is 0 Å². The third-order valence-electron chi connectivity index (χ3n) is 20.0. The Hall–Kier alpha value is -4.97. The van der Waals surface area contributed by atoms with Crippen LogP contribution in [0.1, 0.15) is 144 Å². The summed E-state index contributed by atoms with van der Waals surface area (Å²) in [6.45, 7) is 8.17. The molecule has 76 heavy (non-hydrogen) atoms. The van der Waals surface area contributed by atoms with Gasteiger partial charge in [0.1, 0.15) is 35.6 Å². The number of nitrogens with zero attached hydrogens (tertiary/aromatic N) is 1. The number of aromatic hydroxyl groups is 1. The summed E-state index contributed by atoms with van der Waals surface area (Å²) in [7, 11) is 1.72. The van der Waals surface area contributed by atoms with Gasteiger partial charge < -0.3 is 60.3 Å². The molecule has 0 radical (unpaired) electrons. The van der Waals surface area contributed by atoms with Crippen molar-refractivity contribution in [1.29, 1.82) is 0 Å². The number of allylic oxidation sites excluding steroid dienone is 2. The zero-order chi connectivity index (χ0) is 52.9. The van der Waals surface area contributed by atoms with Crippen LogP contribution in [0.3, 0.4) is 0 Å². The molecule has 3 aromatic rings. The molecule has 13 nitrogen and oxygen atoms in total. The maximum Gasteiger partial charge on any atom is 0.188 e. The van der Waals surface area contributed by atoms with Gasteiger partial charge in [0, 0.05) is 68.2 Å². The van der Waals surface area contributed by atoms with E-state index in [0.717, 1.165) is 103 Å². The molecule has 14 atom stereocenters. The number of aliphatic hydroxyl groups is 4. The number of aliphatic hydroxyl groups excluding tert-OH is 4. The van der Waals surface area contributed by atoms with Crippen molar-refractivity contribution in [1.82, 2.24) is 5.32 Å². The average molecular weight is 1040 g/mol. The van der Waals surface area contributed by atoms with Crippen LogP contribution < -0.4 is 30.0 Å². The third kappa shape index (κ3) is 9.97. The Morgan fingerprint density at radius 3 is 2.55 bits per heavy atom. The maximum absolute atomic E-state index is 12.5. The zero-order valence-corrected chi connectivity index (χ0v) is 45.3. The molecular formula is C63H83N3O10. The lowest BCUT2D eigenvalue weighted by atomic mass is 9.57. The molecule has 7 aliphatic heterocycles. The van der Waals surface area contributed by atoms with Crippen LogP contribution in [0.5, 0.6) is 28.7 Å². The molecule has 3 aromatic carbocycles. The number of nitrogens with one attached hydrogen (secondary N) is 1. The summed E-state index contributed by atoms with van der Waals surface area (Å²) in [5.41, 5.74) is 13.3. The summed E-state index contributed by atoms with van der Waals surface area (Å²) in [4.78, 5) is 5.15. The largest absolute Gasteiger partial charge is 0.508 e. The highest BCUT2D eigenvalue weighted by atomic mass is 16.5. The van der Waals surface area contributed by atoms with Gasteiger partial charge in [-0.05, 0) is 175 Å². The summed E-state index contributed by atoms with van der Waals surface area (Å²) < 4.78 is 32.8. The number of phenolic OH excluding ortho intramolecular Hbond substituents is 1. The van der Waals surface area contributed by atoms with E-state index in [-0.39, 0.29) is 71.8 Å². The number of methoxy groups -OCH3 is 1. The van der Waals surface area contributed by atoms with Crippen molar-refractivity contribution in [3.05, 3.63) is 76.4 Å². The monoisotopic (exact) mass is 1040 g/mol. The van der Waals surface area contributed by atoms with Gasteiger partial charge in [0.15, 0.2) is 17.5 Å². The Balaban J connectivity index is 1.03. The Morgan fingerprint density at radius 1 is 0.908 bits per heavy atom. The number of guanidine groups is 1. The Labute approximate surface area is 450 Å². The first-order chi connectivity index (χ1) is 36.8. The van der Waals surface area contributed by atoms with Crippen molar-refractivity contribution in [2.24, 2.45) is 63.0 Å². The molecule has 13 heteroatoms. The lowest BCUT2D eigenvalue weighted by molar-refractivity contribution is -0.116. The van der Waals surface area contributed by atoms with Crippen LogP contribution in [-0.2, 0) is 24.0 Å². The van der Waals surface area contributed by atoms with Gasteiger partial charge in [-0.15, -0.1) is 0 Å². The Morgan fingerprint density at radius 2 is 1.75 bits per heavy atom. The molecule has 14 rings (SSSR count). The molecule has 7 heterocycles. The fourth-order valence-electron chi connectivity index (χ4n) is 16.2. The number of fused-ring (bicyclic) bond motifs is 2. The summed E-state index contributed by atoms with van der Waals surface area (Å²) in [5, 5.41) is 61.4. The van der Waals surface area contributed by atoms with E-state index in [1.54, 1.807) is 7.11 Å². The molecule has 14 unspecified atom stereocenters. The van der Waals surface area contributed by atoms with Gasteiger partial charge in [-0.1, -0.05) is 57.8 Å². The minimum absolute atomic E-state index is 0.00739. The lowest BCUT2D eigenvalue weighted by Crippen LogP contribution is -2.49. The molecule has 4 aliphatic carbocycles. The molecular weight excluding hydrogens is 959 g/mol. The van der Waals surface area contributed by atoms with Gasteiger partial charge in [0.2, 0.25) is 0 Å². The predicted molar refractivity (Wildman–Crippen MR) is 292 cm³/mol. The Bertz CT molecular complexity index is 2730. The second-order valence-corrected chi connectivity index (χ2v) is 24.7. The van der Waals surface area contributed by atoms with Crippen LogP contribution in [0.2, 0.25) is 0 Å². The molecule has 2 saturated carbocycles. The Kier molecular flexibility index (Phi) is 15.4. The first-order valence-corrected chi connectivity index (χ1v) is 29.0. The number of aliphatic imine (C=N–C) groups is 1. The smallest absolute Gasteiger partial charge is 0.188 e. The highest BCUT2D eigenvalue weighted by Gasteiger charge is 2.57. The van der Waals surface area contributed by atoms with E-state index in [1.165, 1.54) is 0 Å². The van der Waals surface area contributed by atoms with Gasteiger partial charge in [-0.3, -0.25) is 4.99 Å². The fourth-order valence-corrected chi connectivity index (χ4v) is 16.2. The zero-order valence-electron chi connectivity index (χ0n) is 45.3. The second-order valence-electron chi connectivity index (χ2n) is 24.7. The van der Waals surface area contributed by atoms with Crippen molar-refractivity contribution in [3.8, 4) is 51.9 Å². The van der Waals surface area contributed by atoms with Crippen molar-refractivity contribution in [3.63, 3.8) is 0 Å². The van der Waals surface area contributed by atoms with Crippen LogP contribution in [0.4, 0.5) is 0 Å². The molecule has 9 bridgehead atoms. The minimum Gasteiger partial charge on any atom is -0.508 e. The molecule has 2 spiro atoms. The number of nitrogens with two attached hydrogens (primary N) is 1. The van der Waals surface area contributed by atoms with Crippen LogP contribution in [0, 0.1) is 64.3 Å². The standard InChI is InChI=1S/C63H83N3O10/c1-5-37-23-40-11-10-39(37)24-45(69)31-63(17-7-16-62(63)18-21-73-46(32-62)34-68)35-66-61(64)65-19-15-47-42(33-67)12-9-38-8-6-20-74-53-14-13-41(28-55(53)76-59(38)47)60-52(71)29-50-54(75-60)30-56(72-4)58-49-26-44(22-36(2)3)51(70)27-43(49)25-48(40)57(50)58/h10-11,13-14,26-28,30,36-40,42,45-48,52,59-60,67-71H,5,7-9,12,15-19,21-25,29,31-35H2,1-4H3,(H3,64,65,66). The number of hydrogen-bond acceptors (Lipinski definition) is 13. The highest BCUT2D eigenvalue weighted by molar-refractivity contribution is 5.84. The van der Waals surface area contributed by atoms with Crippen molar-refractivity contribution in [2.75, 3.05) is 40.0 Å². The molecule has 11 aliphatic rings. The van der Waals surface area contributed by atoms with E-state index in [4.69, 9.17) is 34.4 Å². The van der Waals surface area contributed by atoms with Crippen LogP contribution in [0.15, 0.2) is 53.5 Å². The first-order valence-electron chi connectivity index (χ1n) is 29.0. The van der Waals surface area contributed by atoms with E-state index in [1.807, 2.05) is 30.3 Å². The number of benzene rings is 3. The average Bonchev–Trinajstić information content (AvgIpc) is 3.88. The highest BCUT2D eigenvalue weighted by Crippen LogP contribution is 2.62. The molecule has 0 amide bonds. The van der Waals surface area contributed by atoms with E-state index in [9.17, 15) is 25.5 Å². The van der Waals surface area contributed by atoms with Crippen LogP contribution in [-0.4, -0.2) is 95.9 Å². The number of ether oxygens (including phenoxy) is 5. The second kappa shape index (κ2) is 22.0. The fraction of sp³-hybridized carbons (Fsp3) is 0.635. The van der Waals surface area contributed by atoms with E-state index >= 15 is 0 Å². The van der Waals surface area contributed by atoms with Gasteiger partial charge in [0.25, 0.3) is 0 Å². The summed E-state index contributed by atoms with van der Waals surface area (Å²) in [6, 6.07) is 11.9. The molecule has 8 N–H and O–H groups in total. The summed E-state index contributed by atoms with van der Waals surface area (Å²) >= 11 is 0. The summed E-state index contributed by atoms with van der Waals surface area (Å²) in [5.74, 6) is 7.30. The van der Waals surface area contributed by atoms with Crippen molar-refractivity contribution >= 4 is 5.96 Å². The molecule has 3 fully saturated rings.